The minimum absolute atomic E-state index is 0.120. The maximum absolute atomic E-state index is 14.2. The number of hydrogen-bond acceptors (Lipinski definition) is 3. The first kappa shape index (κ1) is 14.1. The summed E-state index contributed by atoms with van der Waals surface area (Å²) in [6, 6.07) is 3.17. The number of halogens is 2. The molecule has 1 aliphatic heterocycles. The van der Waals surface area contributed by atoms with Crippen molar-refractivity contribution in [1.29, 1.82) is 0 Å². The Balaban J connectivity index is 2.37. The summed E-state index contributed by atoms with van der Waals surface area (Å²) in [5.74, 6) is -0.180. The molecule has 0 aromatic heterocycles. The third kappa shape index (κ3) is 3.00. The van der Waals surface area contributed by atoms with Gasteiger partial charge in [0.1, 0.15) is 23.6 Å². The highest BCUT2D eigenvalue weighted by atomic mass is 79.9. The number of fused-ring (bicyclic) bond motifs is 1. The quantitative estimate of drug-likeness (QED) is 0.727. The van der Waals surface area contributed by atoms with Crippen molar-refractivity contribution in [3.63, 3.8) is 0 Å². The first-order valence-electron chi connectivity index (χ1n) is 5.91. The average Bonchev–Trinajstić information content (AvgIpc) is 2.31. The Morgan fingerprint density at radius 1 is 1.47 bits per heavy atom. The lowest BCUT2D eigenvalue weighted by molar-refractivity contribution is 0.0566. The van der Waals surface area contributed by atoms with Crippen LogP contribution in [0.25, 0.3) is 0 Å². The van der Waals surface area contributed by atoms with Gasteiger partial charge in [-0.3, -0.25) is 4.90 Å². The fourth-order valence-corrected chi connectivity index (χ4v) is 2.07. The van der Waals surface area contributed by atoms with Crippen LogP contribution in [0.5, 0.6) is 5.75 Å². The first-order chi connectivity index (χ1) is 8.79. The number of carbonyl (C=O) groups is 1. The van der Waals surface area contributed by atoms with Crippen molar-refractivity contribution in [2.45, 2.75) is 26.4 Å². The van der Waals surface area contributed by atoms with Crippen LogP contribution in [0.4, 0.5) is 14.9 Å². The Labute approximate surface area is 119 Å². The van der Waals surface area contributed by atoms with Crippen LogP contribution < -0.4 is 9.64 Å². The zero-order valence-electron chi connectivity index (χ0n) is 11.0. The number of hydrogen-bond donors (Lipinski definition) is 0. The Hall–Kier alpha value is -1.30. The Bertz CT molecular complexity index is 513. The van der Waals surface area contributed by atoms with Crippen molar-refractivity contribution >= 4 is 27.7 Å². The maximum atomic E-state index is 14.2. The lowest BCUT2D eigenvalue weighted by atomic mass is 10.2. The minimum atomic E-state index is -0.627. The van der Waals surface area contributed by atoms with Gasteiger partial charge < -0.3 is 9.47 Å². The molecule has 104 valence electrons. The van der Waals surface area contributed by atoms with E-state index in [-0.39, 0.29) is 16.7 Å². The molecule has 1 aliphatic rings. The lowest BCUT2D eigenvalue weighted by Gasteiger charge is -2.31. The van der Waals surface area contributed by atoms with Gasteiger partial charge in [0.05, 0.1) is 11.0 Å². The SMILES string of the molecule is CC(C)(C)OC(=O)N1CCOc2ccc(Br)c(F)c21. The van der Waals surface area contributed by atoms with Gasteiger partial charge in [-0.25, -0.2) is 9.18 Å². The second-order valence-electron chi connectivity index (χ2n) is 5.19. The second kappa shape index (κ2) is 5.00. The molecule has 0 aliphatic carbocycles. The predicted octanol–water partition coefficient (Wildman–Crippen LogP) is 3.72. The van der Waals surface area contributed by atoms with Crippen LogP contribution in [-0.4, -0.2) is 24.8 Å². The van der Waals surface area contributed by atoms with Crippen molar-refractivity contribution < 1.29 is 18.7 Å². The number of nitrogens with zero attached hydrogens (tertiary/aromatic N) is 1. The molecule has 0 saturated heterocycles. The second-order valence-corrected chi connectivity index (χ2v) is 6.04. The zero-order chi connectivity index (χ0) is 14.2. The Kier molecular flexibility index (Phi) is 3.71. The highest BCUT2D eigenvalue weighted by Gasteiger charge is 2.31. The van der Waals surface area contributed by atoms with Crippen molar-refractivity contribution in [2.24, 2.45) is 0 Å². The molecule has 6 heteroatoms. The molecule has 0 unspecified atom stereocenters. The summed E-state index contributed by atoms with van der Waals surface area (Å²) in [6.45, 7) is 5.87. The fraction of sp³-hybridized carbons (Fsp3) is 0.462. The molecular weight excluding hydrogens is 317 g/mol. The van der Waals surface area contributed by atoms with Crippen LogP contribution in [0.1, 0.15) is 20.8 Å². The van der Waals surface area contributed by atoms with Crippen molar-refractivity contribution in [2.75, 3.05) is 18.1 Å². The van der Waals surface area contributed by atoms with E-state index in [0.29, 0.717) is 12.4 Å². The summed E-state index contributed by atoms with van der Waals surface area (Å²) in [6.07, 6.45) is -0.575. The van der Waals surface area contributed by atoms with Crippen LogP contribution in [0.15, 0.2) is 16.6 Å². The van der Waals surface area contributed by atoms with Crippen molar-refractivity contribution in [3.05, 3.63) is 22.4 Å². The van der Waals surface area contributed by atoms with Crippen molar-refractivity contribution in [3.8, 4) is 5.75 Å². The minimum Gasteiger partial charge on any atom is -0.489 e. The number of ether oxygens (including phenoxy) is 2. The Morgan fingerprint density at radius 2 is 2.16 bits per heavy atom. The largest absolute Gasteiger partial charge is 0.489 e. The number of amides is 1. The van der Waals surface area contributed by atoms with Crippen molar-refractivity contribution in [1.82, 2.24) is 0 Å². The van der Waals surface area contributed by atoms with Gasteiger partial charge in [0.2, 0.25) is 0 Å². The summed E-state index contributed by atoms with van der Waals surface area (Å²) in [4.78, 5) is 13.4. The van der Waals surface area contributed by atoms with E-state index in [1.54, 1.807) is 32.9 Å². The van der Waals surface area contributed by atoms with E-state index in [0.717, 1.165) is 0 Å². The number of carbonyl (C=O) groups excluding carboxylic acids is 1. The topological polar surface area (TPSA) is 38.8 Å². The molecule has 0 atom stereocenters. The average molecular weight is 332 g/mol. The summed E-state index contributed by atoms with van der Waals surface area (Å²) in [5.41, 5.74) is -0.507. The molecule has 4 nitrogen and oxygen atoms in total. The summed E-state index contributed by atoms with van der Waals surface area (Å²) in [7, 11) is 0. The standard InChI is InChI=1S/C13H15BrFNO3/c1-13(2,3)19-12(17)16-6-7-18-9-5-4-8(14)10(15)11(9)16/h4-5H,6-7H2,1-3H3. The fourth-order valence-electron chi connectivity index (χ4n) is 1.75. The predicted molar refractivity (Wildman–Crippen MR) is 73.2 cm³/mol. The molecule has 0 saturated carbocycles. The van der Waals surface area contributed by atoms with Gasteiger partial charge in [0, 0.05) is 0 Å². The molecule has 1 aromatic rings. The number of anilines is 1. The first-order valence-corrected chi connectivity index (χ1v) is 6.70. The molecule has 0 bridgehead atoms. The molecular formula is C13H15BrFNO3. The van der Waals surface area contributed by atoms with E-state index in [2.05, 4.69) is 15.9 Å². The maximum Gasteiger partial charge on any atom is 0.415 e. The van der Waals surface area contributed by atoms with Gasteiger partial charge in [-0.05, 0) is 48.8 Å². The van der Waals surface area contributed by atoms with Gasteiger partial charge in [-0.15, -0.1) is 0 Å². The van der Waals surface area contributed by atoms with E-state index in [9.17, 15) is 9.18 Å². The van der Waals surface area contributed by atoms with E-state index < -0.39 is 17.5 Å². The summed E-state index contributed by atoms with van der Waals surface area (Å²) in [5, 5.41) is 0. The molecule has 0 spiro atoms. The third-order valence-corrected chi connectivity index (χ3v) is 3.10. The highest BCUT2D eigenvalue weighted by molar-refractivity contribution is 9.10. The summed E-state index contributed by atoms with van der Waals surface area (Å²) >= 11 is 3.10. The Morgan fingerprint density at radius 3 is 2.79 bits per heavy atom. The lowest BCUT2D eigenvalue weighted by Crippen LogP contribution is -2.42. The molecule has 1 heterocycles. The van der Waals surface area contributed by atoms with Crippen LogP contribution in [0.3, 0.4) is 0 Å². The van der Waals surface area contributed by atoms with E-state index in [4.69, 9.17) is 9.47 Å². The van der Waals surface area contributed by atoms with Gasteiger partial charge in [0.15, 0.2) is 5.82 Å². The van der Waals surface area contributed by atoms with Gasteiger partial charge in [0.25, 0.3) is 0 Å². The summed E-state index contributed by atoms with van der Waals surface area (Å²) < 4.78 is 25.1. The van der Waals surface area contributed by atoms with Crippen LogP contribution in [-0.2, 0) is 4.74 Å². The molecule has 1 amide bonds. The van der Waals surface area contributed by atoms with Crippen LogP contribution in [0.2, 0.25) is 0 Å². The van der Waals surface area contributed by atoms with Gasteiger partial charge >= 0.3 is 6.09 Å². The van der Waals surface area contributed by atoms with E-state index in [1.807, 2.05) is 0 Å². The van der Waals surface area contributed by atoms with Gasteiger partial charge in [-0.2, -0.15) is 0 Å². The number of benzene rings is 1. The highest BCUT2D eigenvalue weighted by Crippen LogP contribution is 2.38. The van der Waals surface area contributed by atoms with Crippen LogP contribution in [0, 0.1) is 5.82 Å². The van der Waals surface area contributed by atoms with Crippen LogP contribution >= 0.6 is 15.9 Å². The molecule has 0 radical (unpaired) electrons. The molecule has 1 aromatic carbocycles. The zero-order valence-corrected chi connectivity index (χ0v) is 12.6. The molecule has 2 rings (SSSR count). The van der Waals surface area contributed by atoms with E-state index in [1.165, 1.54) is 4.90 Å². The molecule has 0 fully saturated rings. The molecule has 0 N–H and O–H groups in total. The molecule has 19 heavy (non-hydrogen) atoms. The third-order valence-electron chi connectivity index (χ3n) is 2.49. The number of rotatable bonds is 0. The monoisotopic (exact) mass is 331 g/mol. The van der Waals surface area contributed by atoms with E-state index >= 15 is 0 Å². The smallest absolute Gasteiger partial charge is 0.415 e. The van der Waals surface area contributed by atoms with Gasteiger partial charge in [-0.1, -0.05) is 0 Å². The normalized spacial score (nSPS) is 14.7.